The van der Waals surface area contributed by atoms with Crippen LogP contribution in [0.2, 0.25) is 0 Å². The van der Waals surface area contributed by atoms with E-state index in [1.165, 1.54) is 0 Å². The van der Waals surface area contributed by atoms with E-state index < -0.39 is 5.97 Å². The Labute approximate surface area is 106 Å². The SMILES string of the molecule is CC(C)c1nc(CN2C[C@@H](C)[C@H](C(=O)O)C2)no1. The molecular weight excluding hydrogens is 234 g/mol. The lowest BCUT2D eigenvalue weighted by Crippen LogP contribution is -2.23. The van der Waals surface area contributed by atoms with E-state index in [1.807, 2.05) is 20.8 Å². The molecule has 6 nitrogen and oxygen atoms in total. The molecule has 0 unspecified atom stereocenters. The molecule has 0 radical (unpaired) electrons. The second-order valence-electron chi connectivity index (χ2n) is 5.32. The molecule has 0 amide bonds. The van der Waals surface area contributed by atoms with Crippen LogP contribution in [0.4, 0.5) is 0 Å². The quantitative estimate of drug-likeness (QED) is 0.872. The number of likely N-dealkylation sites (tertiary alicyclic amines) is 1. The summed E-state index contributed by atoms with van der Waals surface area (Å²) in [5, 5.41) is 13.0. The van der Waals surface area contributed by atoms with Gasteiger partial charge >= 0.3 is 5.97 Å². The van der Waals surface area contributed by atoms with Crippen LogP contribution in [0.5, 0.6) is 0 Å². The van der Waals surface area contributed by atoms with Crippen LogP contribution in [0, 0.1) is 11.8 Å². The predicted octanol–water partition coefficient (Wildman–Crippen LogP) is 1.35. The van der Waals surface area contributed by atoms with E-state index in [2.05, 4.69) is 15.0 Å². The summed E-state index contributed by atoms with van der Waals surface area (Å²) < 4.78 is 5.13. The molecule has 1 fully saturated rings. The minimum Gasteiger partial charge on any atom is -0.481 e. The minimum absolute atomic E-state index is 0.166. The second kappa shape index (κ2) is 5.06. The Morgan fingerprint density at radius 3 is 2.78 bits per heavy atom. The van der Waals surface area contributed by atoms with Crippen molar-refractivity contribution in [1.82, 2.24) is 15.0 Å². The van der Waals surface area contributed by atoms with E-state index in [4.69, 9.17) is 9.63 Å². The fraction of sp³-hybridized carbons (Fsp3) is 0.750. The standard InChI is InChI=1S/C12H19N3O3/c1-7(2)11-13-10(14-18-11)6-15-4-8(3)9(5-15)12(16)17/h7-9H,4-6H2,1-3H3,(H,16,17)/t8-,9-/m1/s1. The molecule has 100 valence electrons. The minimum atomic E-state index is -0.721. The molecule has 1 aliphatic heterocycles. The summed E-state index contributed by atoms with van der Waals surface area (Å²) in [6, 6.07) is 0. The van der Waals surface area contributed by atoms with Crippen molar-refractivity contribution in [2.75, 3.05) is 13.1 Å². The van der Waals surface area contributed by atoms with Gasteiger partial charge in [-0.3, -0.25) is 9.69 Å². The average Bonchev–Trinajstić information content (AvgIpc) is 2.86. The van der Waals surface area contributed by atoms with Crippen molar-refractivity contribution in [3.63, 3.8) is 0 Å². The van der Waals surface area contributed by atoms with Gasteiger partial charge in [0.15, 0.2) is 5.82 Å². The van der Waals surface area contributed by atoms with Gasteiger partial charge in [-0.05, 0) is 5.92 Å². The lowest BCUT2D eigenvalue weighted by molar-refractivity contribution is -0.142. The van der Waals surface area contributed by atoms with Crippen LogP contribution in [-0.2, 0) is 11.3 Å². The van der Waals surface area contributed by atoms with Gasteiger partial charge in [-0.15, -0.1) is 0 Å². The van der Waals surface area contributed by atoms with E-state index in [9.17, 15) is 4.79 Å². The van der Waals surface area contributed by atoms with E-state index >= 15 is 0 Å². The first-order chi connectivity index (χ1) is 8.47. The molecule has 0 aliphatic carbocycles. The van der Waals surface area contributed by atoms with Crippen molar-refractivity contribution in [1.29, 1.82) is 0 Å². The van der Waals surface area contributed by atoms with Crippen LogP contribution in [-0.4, -0.2) is 39.2 Å². The molecule has 2 rings (SSSR count). The van der Waals surface area contributed by atoms with Crippen LogP contribution < -0.4 is 0 Å². The zero-order chi connectivity index (χ0) is 13.3. The highest BCUT2D eigenvalue weighted by atomic mass is 16.5. The van der Waals surface area contributed by atoms with Gasteiger partial charge in [0, 0.05) is 19.0 Å². The highest BCUT2D eigenvalue weighted by Crippen LogP contribution is 2.24. The number of aliphatic carboxylic acids is 1. The molecule has 1 aromatic heterocycles. The van der Waals surface area contributed by atoms with Crippen LogP contribution in [0.15, 0.2) is 4.52 Å². The average molecular weight is 253 g/mol. The van der Waals surface area contributed by atoms with Crippen molar-refractivity contribution in [3.05, 3.63) is 11.7 Å². The van der Waals surface area contributed by atoms with E-state index in [-0.39, 0.29) is 17.8 Å². The number of rotatable bonds is 4. The number of carbonyl (C=O) groups is 1. The van der Waals surface area contributed by atoms with Gasteiger partial charge in [0.05, 0.1) is 12.5 Å². The summed E-state index contributed by atoms with van der Waals surface area (Å²) in [6.07, 6.45) is 0. The van der Waals surface area contributed by atoms with Gasteiger partial charge in [-0.25, -0.2) is 0 Å². The topological polar surface area (TPSA) is 79.5 Å². The van der Waals surface area contributed by atoms with Crippen molar-refractivity contribution in [3.8, 4) is 0 Å². The smallest absolute Gasteiger partial charge is 0.308 e. The fourth-order valence-electron chi connectivity index (χ4n) is 2.28. The molecule has 18 heavy (non-hydrogen) atoms. The Morgan fingerprint density at radius 2 is 2.28 bits per heavy atom. The largest absolute Gasteiger partial charge is 0.481 e. The zero-order valence-electron chi connectivity index (χ0n) is 11.0. The maximum absolute atomic E-state index is 11.0. The van der Waals surface area contributed by atoms with E-state index in [0.29, 0.717) is 24.8 Å². The van der Waals surface area contributed by atoms with Gasteiger partial charge in [0.2, 0.25) is 5.89 Å². The lowest BCUT2D eigenvalue weighted by Gasteiger charge is -2.11. The molecule has 2 atom stereocenters. The highest BCUT2D eigenvalue weighted by Gasteiger charge is 2.35. The second-order valence-corrected chi connectivity index (χ2v) is 5.32. The Kier molecular flexibility index (Phi) is 3.65. The maximum Gasteiger partial charge on any atom is 0.308 e. The van der Waals surface area contributed by atoms with Crippen molar-refractivity contribution < 1.29 is 14.4 Å². The first-order valence-corrected chi connectivity index (χ1v) is 6.25. The molecule has 6 heteroatoms. The lowest BCUT2D eigenvalue weighted by atomic mass is 9.99. The molecule has 0 bridgehead atoms. The van der Waals surface area contributed by atoms with Gasteiger partial charge in [-0.1, -0.05) is 25.9 Å². The number of carboxylic acid groups (broad SMARTS) is 1. The summed E-state index contributed by atoms with van der Waals surface area (Å²) in [5.41, 5.74) is 0. The Balaban J connectivity index is 1.96. The fourth-order valence-corrected chi connectivity index (χ4v) is 2.28. The van der Waals surface area contributed by atoms with Crippen LogP contribution in [0.25, 0.3) is 0 Å². The number of aromatic nitrogens is 2. The molecule has 1 aliphatic rings. The number of carboxylic acids is 1. The Hall–Kier alpha value is -1.43. The molecule has 0 aromatic carbocycles. The Morgan fingerprint density at radius 1 is 1.56 bits per heavy atom. The Bertz CT molecular complexity index is 430. The maximum atomic E-state index is 11.0. The highest BCUT2D eigenvalue weighted by molar-refractivity contribution is 5.71. The van der Waals surface area contributed by atoms with Gasteiger partial charge < -0.3 is 9.63 Å². The molecule has 0 spiro atoms. The third-order valence-corrected chi connectivity index (χ3v) is 3.35. The third kappa shape index (κ3) is 2.69. The molecule has 2 heterocycles. The van der Waals surface area contributed by atoms with Crippen LogP contribution in [0.3, 0.4) is 0 Å². The monoisotopic (exact) mass is 253 g/mol. The number of hydrogen-bond donors (Lipinski definition) is 1. The summed E-state index contributed by atoms with van der Waals surface area (Å²) in [4.78, 5) is 17.4. The number of hydrogen-bond acceptors (Lipinski definition) is 5. The third-order valence-electron chi connectivity index (χ3n) is 3.35. The zero-order valence-corrected chi connectivity index (χ0v) is 11.0. The van der Waals surface area contributed by atoms with Gasteiger partial charge in [0.25, 0.3) is 0 Å². The van der Waals surface area contributed by atoms with Crippen molar-refractivity contribution in [2.24, 2.45) is 11.8 Å². The van der Waals surface area contributed by atoms with Crippen molar-refractivity contribution in [2.45, 2.75) is 33.2 Å². The normalized spacial score (nSPS) is 24.9. The van der Waals surface area contributed by atoms with Gasteiger partial charge in [0.1, 0.15) is 0 Å². The molecule has 1 saturated heterocycles. The first kappa shape index (κ1) is 13.0. The summed E-state index contributed by atoms with van der Waals surface area (Å²) in [7, 11) is 0. The summed E-state index contributed by atoms with van der Waals surface area (Å²) in [5.74, 6) is 0.640. The van der Waals surface area contributed by atoms with Gasteiger partial charge in [-0.2, -0.15) is 4.98 Å². The molecule has 1 N–H and O–H groups in total. The first-order valence-electron chi connectivity index (χ1n) is 6.25. The summed E-state index contributed by atoms with van der Waals surface area (Å²) >= 11 is 0. The number of nitrogens with zero attached hydrogens (tertiary/aromatic N) is 3. The van der Waals surface area contributed by atoms with E-state index in [0.717, 1.165) is 6.54 Å². The van der Waals surface area contributed by atoms with Crippen molar-refractivity contribution >= 4 is 5.97 Å². The molecule has 0 saturated carbocycles. The molecule has 1 aromatic rings. The van der Waals surface area contributed by atoms with E-state index in [1.54, 1.807) is 0 Å². The predicted molar refractivity (Wildman–Crippen MR) is 64.0 cm³/mol. The summed E-state index contributed by atoms with van der Waals surface area (Å²) in [6.45, 7) is 7.84. The molecular formula is C12H19N3O3. The van der Waals surface area contributed by atoms with Crippen LogP contribution in [0.1, 0.15) is 38.4 Å². The van der Waals surface area contributed by atoms with Crippen LogP contribution >= 0.6 is 0 Å².